The van der Waals surface area contributed by atoms with Crippen molar-refractivity contribution in [2.45, 2.75) is 41.5 Å². The maximum absolute atomic E-state index is 8.70. The first-order valence-electron chi connectivity index (χ1n) is 7.38. The third-order valence-corrected chi connectivity index (χ3v) is 7.71. The minimum atomic E-state index is -2.87. The molecule has 0 saturated carbocycles. The Hall–Kier alpha value is 0.860. The van der Waals surface area contributed by atoms with Crippen molar-refractivity contribution in [1.82, 2.24) is 0 Å². The summed E-state index contributed by atoms with van der Waals surface area (Å²) in [4.78, 5) is 14.2. The van der Waals surface area contributed by atoms with E-state index in [1.807, 2.05) is 41.5 Å². The number of allylic oxidation sites excluding steroid dienone is 1. The average Bonchev–Trinajstić information content (AvgIpc) is 2.37. The summed E-state index contributed by atoms with van der Waals surface area (Å²) in [5.41, 5.74) is 1.17. The highest BCUT2D eigenvalue weighted by atomic mass is 32.5. The topological polar surface area (TPSA) is 104 Å². The molecule has 0 amide bonds. The van der Waals surface area contributed by atoms with Crippen LogP contribution in [0.2, 0.25) is 0 Å². The van der Waals surface area contributed by atoms with E-state index in [2.05, 4.69) is 6.58 Å². The Morgan fingerprint density at radius 1 is 0.880 bits per heavy atom. The van der Waals surface area contributed by atoms with Crippen molar-refractivity contribution in [3.8, 4) is 0 Å². The molecule has 0 aliphatic rings. The number of hydrogen-bond acceptors (Lipinski definition) is 8. The van der Waals surface area contributed by atoms with Crippen LogP contribution in [0.4, 0.5) is 0 Å². The largest absolute Gasteiger partial charge is 0.692 e. The summed E-state index contributed by atoms with van der Waals surface area (Å²) in [5, 5.41) is 0. The van der Waals surface area contributed by atoms with E-state index in [1.165, 1.54) is 5.57 Å². The molecular formula is C12H30O8P3S2+. The lowest BCUT2D eigenvalue weighted by molar-refractivity contribution is 0.176. The van der Waals surface area contributed by atoms with Crippen LogP contribution in [0.3, 0.4) is 0 Å². The van der Waals surface area contributed by atoms with Gasteiger partial charge in [-0.05, 0) is 65.2 Å². The monoisotopic (exact) mass is 459 g/mol. The molecular weight excluding hydrogens is 429 g/mol. The van der Waals surface area contributed by atoms with Gasteiger partial charge in [0.1, 0.15) is 0 Å². The van der Waals surface area contributed by atoms with Gasteiger partial charge in [0.2, 0.25) is 0 Å². The lowest BCUT2D eigenvalue weighted by Crippen LogP contribution is -2.03. The van der Waals surface area contributed by atoms with Crippen molar-refractivity contribution in [2.75, 3.05) is 26.4 Å². The van der Waals surface area contributed by atoms with Gasteiger partial charge in [0.05, 0.1) is 26.4 Å². The lowest BCUT2D eigenvalue weighted by Gasteiger charge is -2.27. The molecule has 0 radical (unpaired) electrons. The van der Waals surface area contributed by atoms with Gasteiger partial charge in [-0.3, -0.25) is 0 Å². The number of rotatable bonds is 10. The normalized spacial score (nSPS) is 10.9. The van der Waals surface area contributed by atoms with Crippen LogP contribution >= 0.6 is 21.7 Å². The first-order valence-corrected chi connectivity index (χ1v) is 13.7. The van der Waals surface area contributed by atoms with Crippen molar-refractivity contribution in [3.63, 3.8) is 0 Å². The molecule has 0 unspecified atom stereocenters. The average molecular weight is 459 g/mol. The van der Waals surface area contributed by atoms with Crippen LogP contribution in [0, 0.1) is 0 Å². The third-order valence-electron chi connectivity index (χ3n) is 1.35. The first-order chi connectivity index (χ1) is 11.4. The summed E-state index contributed by atoms with van der Waals surface area (Å²) < 4.78 is 35.6. The standard InChI is InChI=1S/C8H20O5P2S2.C4H8.HO3P/c1-5-9-14(16,10-6-2)13-15(17,11-7-3)12-8-4;2*1-4(2)3/h5-8H2,1-4H3;1H2,2-3H3;(H-,1,2,3)/p+1. The first kappa shape index (κ1) is 30.6. The van der Waals surface area contributed by atoms with Crippen LogP contribution in [0.25, 0.3) is 0 Å². The summed E-state index contributed by atoms with van der Waals surface area (Å²) in [6.07, 6.45) is 0. The van der Waals surface area contributed by atoms with Gasteiger partial charge in [0.25, 0.3) is 0 Å². The Balaban J connectivity index is -0.000000503. The highest BCUT2D eigenvalue weighted by Gasteiger charge is 2.31. The molecule has 0 fully saturated rings. The summed E-state index contributed by atoms with van der Waals surface area (Å²) in [7, 11) is -2.87. The van der Waals surface area contributed by atoms with Crippen molar-refractivity contribution in [1.29, 1.82) is 0 Å². The van der Waals surface area contributed by atoms with Crippen LogP contribution in [-0.2, 0) is 50.6 Å². The fraction of sp³-hybridized carbons (Fsp3) is 0.833. The van der Waals surface area contributed by atoms with Crippen molar-refractivity contribution >= 4 is 45.3 Å². The predicted molar refractivity (Wildman–Crippen MR) is 109 cm³/mol. The molecule has 0 aromatic rings. The van der Waals surface area contributed by atoms with Gasteiger partial charge in [0.15, 0.2) is 0 Å². The van der Waals surface area contributed by atoms with Gasteiger partial charge in [-0.1, -0.05) is 5.57 Å². The Labute approximate surface area is 162 Å². The summed E-state index contributed by atoms with van der Waals surface area (Å²) in [5.74, 6) is 0. The maximum Gasteiger partial charge on any atom is 0.692 e. The van der Waals surface area contributed by atoms with E-state index < -0.39 is 21.7 Å². The van der Waals surface area contributed by atoms with Gasteiger partial charge in [-0.25, -0.2) is 4.31 Å². The molecule has 0 rings (SSSR count). The quantitative estimate of drug-likeness (QED) is 0.349. The lowest BCUT2D eigenvalue weighted by atomic mass is 10.4. The molecule has 0 saturated heterocycles. The molecule has 13 heteroatoms. The van der Waals surface area contributed by atoms with Gasteiger partial charge in [0, 0.05) is 4.57 Å². The Morgan fingerprint density at radius 2 is 1.04 bits per heavy atom. The molecule has 0 aliphatic heterocycles. The van der Waals surface area contributed by atoms with Crippen molar-refractivity contribution in [3.05, 3.63) is 12.2 Å². The van der Waals surface area contributed by atoms with Crippen LogP contribution in [0.5, 0.6) is 0 Å². The maximum atomic E-state index is 8.70. The molecule has 0 heterocycles. The summed E-state index contributed by atoms with van der Waals surface area (Å²) in [6, 6.07) is 0. The van der Waals surface area contributed by atoms with Gasteiger partial charge >= 0.3 is 21.7 Å². The van der Waals surface area contributed by atoms with Crippen LogP contribution in [-0.4, -0.2) is 36.2 Å². The van der Waals surface area contributed by atoms with Gasteiger partial charge in [-0.2, -0.15) is 0 Å². The molecule has 2 N–H and O–H groups in total. The highest BCUT2D eigenvalue weighted by Crippen LogP contribution is 2.66. The summed E-state index contributed by atoms with van der Waals surface area (Å²) >= 11 is 10.4. The van der Waals surface area contributed by atoms with E-state index in [0.29, 0.717) is 26.4 Å². The second-order valence-electron chi connectivity index (χ2n) is 4.11. The minimum absolute atomic E-state index is 0.394. The van der Waals surface area contributed by atoms with E-state index in [1.54, 1.807) is 0 Å². The van der Waals surface area contributed by atoms with E-state index >= 15 is 0 Å². The molecule has 0 aromatic heterocycles. The molecule has 0 bridgehead atoms. The predicted octanol–water partition coefficient (Wildman–Crippen LogP) is 4.81. The van der Waals surface area contributed by atoms with Crippen LogP contribution in [0.15, 0.2) is 12.2 Å². The fourth-order valence-corrected chi connectivity index (χ4v) is 7.30. The van der Waals surface area contributed by atoms with Crippen molar-refractivity contribution < 1.29 is 36.8 Å². The minimum Gasteiger partial charge on any atom is -0.309 e. The zero-order chi connectivity index (χ0) is 20.5. The fourth-order valence-electron chi connectivity index (χ4n) is 0.924. The summed E-state index contributed by atoms with van der Waals surface area (Å²) in [6.45, 7) is 10.6. The zero-order valence-corrected chi connectivity index (χ0v) is 19.9. The third kappa shape index (κ3) is 24.9. The smallest absolute Gasteiger partial charge is 0.309 e. The Kier molecular flexibility index (Phi) is 22.3. The molecule has 0 spiro atoms. The van der Waals surface area contributed by atoms with E-state index in [0.717, 1.165) is 0 Å². The molecule has 8 nitrogen and oxygen atoms in total. The highest BCUT2D eigenvalue weighted by molar-refractivity contribution is 8.14. The second kappa shape index (κ2) is 18.2. The molecule has 0 atom stereocenters. The van der Waals surface area contributed by atoms with Crippen LogP contribution in [0.1, 0.15) is 41.5 Å². The number of hydrogen-bond donors (Lipinski definition) is 2. The molecule has 25 heavy (non-hydrogen) atoms. The zero-order valence-electron chi connectivity index (χ0n) is 15.5. The SMILES string of the molecule is C=C(C)C.CCOP(=S)(OCC)OP(=S)(OCC)OCC.O=[P+](O)O. The second-order valence-corrected chi connectivity index (χ2v) is 10.8. The van der Waals surface area contributed by atoms with Crippen LogP contribution < -0.4 is 0 Å². The molecule has 152 valence electrons. The molecule has 0 aliphatic carbocycles. The van der Waals surface area contributed by atoms with E-state index in [4.69, 9.17) is 60.4 Å². The molecule has 0 aromatic carbocycles. The van der Waals surface area contributed by atoms with Gasteiger partial charge in [-0.15, -0.1) is 16.4 Å². The van der Waals surface area contributed by atoms with E-state index in [9.17, 15) is 0 Å². The van der Waals surface area contributed by atoms with E-state index in [-0.39, 0.29) is 0 Å². The van der Waals surface area contributed by atoms with Crippen molar-refractivity contribution in [2.24, 2.45) is 0 Å². The Bertz CT molecular complexity index is 394. The van der Waals surface area contributed by atoms with Gasteiger partial charge < -0.3 is 18.1 Å². The Morgan fingerprint density at radius 3 is 1.16 bits per heavy atom.